The van der Waals surface area contributed by atoms with Crippen LogP contribution in [0.4, 0.5) is 40.1 Å². The molecule has 440 valence electrons. The van der Waals surface area contributed by atoms with E-state index in [1.54, 1.807) is 38.4 Å². The minimum atomic E-state index is -4.89. The van der Waals surface area contributed by atoms with Crippen LogP contribution < -0.4 is 35.8 Å². The van der Waals surface area contributed by atoms with Gasteiger partial charge in [-0.25, -0.2) is 14.4 Å². The fourth-order valence-corrected chi connectivity index (χ4v) is 14.6. The number of phosphoric acid groups is 1. The number of anilines is 7. The quantitative estimate of drug-likeness (QED) is 0.0449. The van der Waals surface area contributed by atoms with Crippen molar-refractivity contribution >= 4 is 71.5 Å². The Morgan fingerprint density at radius 2 is 1.63 bits per heavy atom. The maximum atomic E-state index is 14.3. The third-order valence-corrected chi connectivity index (χ3v) is 18.5. The first-order valence-electron chi connectivity index (χ1n) is 28.7. The van der Waals surface area contributed by atoms with Crippen LogP contribution in [0.25, 0.3) is 0 Å². The molecule has 8 heterocycles. The van der Waals surface area contributed by atoms with Crippen LogP contribution in [0.3, 0.4) is 0 Å². The van der Waals surface area contributed by atoms with Crippen molar-refractivity contribution in [2.24, 2.45) is 12.5 Å². The highest BCUT2D eigenvalue weighted by molar-refractivity contribution is 7.46. The van der Waals surface area contributed by atoms with Crippen LogP contribution in [0.1, 0.15) is 122 Å². The molecule has 3 fully saturated rings. The lowest BCUT2D eigenvalue weighted by Crippen LogP contribution is -2.62. The number of rotatable bonds is 14. The largest absolute Gasteiger partial charge is 0.470 e. The molecule has 2 aromatic carbocycles. The highest BCUT2D eigenvalue weighted by Crippen LogP contribution is 2.46. The number of hydrogen-bond donors (Lipinski definition) is 5. The number of nitrogens with zero attached hydrogens (tertiary/aromatic N) is 10. The molecule has 0 radical (unpaired) electrons. The van der Waals surface area contributed by atoms with E-state index in [1.165, 1.54) is 54.1 Å². The molecule has 83 heavy (non-hydrogen) atoms. The summed E-state index contributed by atoms with van der Waals surface area (Å²) in [6, 6.07) is 15.6. The first-order chi connectivity index (χ1) is 39.3. The van der Waals surface area contributed by atoms with Crippen molar-refractivity contribution in [2.45, 2.75) is 135 Å². The molecule has 0 spiro atoms. The van der Waals surface area contributed by atoms with Crippen LogP contribution in [-0.2, 0) is 45.9 Å². The smallest absolute Gasteiger partial charge is 0.391 e. The van der Waals surface area contributed by atoms with Crippen molar-refractivity contribution in [3.05, 3.63) is 124 Å². The minimum Gasteiger partial charge on any atom is -0.391 e. The number of piperazine rings is 1. The van der Waals surface area contributed by atoms with Gasteiger partial charge in [0.25, 0.3) is 23.3 Å². The molecule has 0 saturated carbocycles. The SMILES string of the molecule is C=CC(=O)Nc1cc(Nc2nc(N3CCC[C@@H](N4CCn5c(cc6c5CC(C)(C)C6)C4=O)[C@@H]3[C@H](C)O)cn(C)c2=O)ccc1N1CCN(C2CCN(c3ccc4c(c3)C(=O)N(c3ccnc(C(C)(C)OP(=O)(O)O)c3)C4=O)[C@H](C)C2)C[C@@H]1C. The molecule has 6 atom stereocenters. The molecule has 4 amide bonds. The van der Waals surface area contributed by atoms with Gasteiger partial charge in [0.05, 0.1) is 52.1 Å². The van der Waals surface area contributed by atoms with Gasteiger partial charge in [0.15, 0.2) is 5.82 Å². The van der Waals surface area contributed by atoms with Gasteiger partial charge in [-0.05, 0) is 145 Å². The molecule has 11 rings (SSSR count). The Morgan fingerprint density at radius 3 is 2.35 bits per heavy atom. The number of nitrogens with one attached hydrogen (secondary N) is 2. The van der Waals surface area contributed by atoms with Crippen LogP contribution in [0.2, 0.25) is 0 Å². The second-order valence-corrected chi connectivity index (χ2v) is 25.8. The zero-order valence-corrected chi connectivity index (χ0v) is 49.3. The number of carbonyl (C=O) groups is 4. The van der Waals surface area contributed by atoms with E-state index in [0.29, 0.717) is 43.4 Å². The van der Waals surface area contributed by atoms with Crippen molar-refractivity contribution in [1.29, 1.82) is 0 Å². The molecule has 22 nitrogen and oxygen atoms in total. The van der Waals surface area contributed by atoms with Gasteiger partial charge in [-0.2, -0.15) is 0 Å². The lowest BCUT2D eigenvalue weighted by atomic mass is 9.89. The van der Waals surface area contributed by atoms with Crippen LogP contribution >= 0.6 is 7.82 Å². The highest BCUT2D eigenvalue weighted by Gasteiger charge is 2.45. The molecule has 1 aliphatic carbocycles. The molecule has 3 aromatic heterocycles. The molecular formula is C60H75N12O10P. The molecule has 5 aliphatic heterocycles. The van der Waals surface area contributed by atoms with Crippen molar-refractivity contribution in [3.63, 3.8) is 0 Å². The molecule has 6 aliphatic rings. The average Bonchev–Trinajstić information content (AvgIpc) is 2.15. The number of aromatic nitrogens is 4. The fourth-order valence-electron chi connectivity index (χ4n) is 13.9. The van der Waals surface area contributed by atoms with Crippen molar-refractivity contribution < 1.29 is 43.2 Å². The Bertz CT molecular complexity index is 3550. The van der Waals surface area contributed by atoms with Gasteiger partial charge >= 0.3 is 7.82 Å². The van der Waals surface area contributed by atoms with E-state index in [2.05, 4.69) is 75.2 Å². The average molecular weight is 1160 g/mol. The summed E-state index contributed by atoms with van der Waals surface area (Å²) < 4.78 is 20.3. The van der Waals surface area contributed by atoms with E-state index < -0.39 is 37.4 Å². The van der Waals surface area contributed by atoms with Gasteiger partial charge in [-0.1, -0.05) is 20.4 Å². The second kappa shape index (κ2) is 21.8. The third kappa shape index (κ3) is 11.0. The number of pyridine rings is 1. The maximum Gasteiger partial charge on any atom is 0.470 e. The second-order valence-electron chi connectivity index (χ2n) is 24.6. The number of fused-ring (bicyclic) bond motifs is 4. The highest BCUT2D eigenvalue weighted by atomic mass is 31.2. The van der Waals surface area contributed by atoms with Crippen LogP contribution in [0.15, 0.2) is 84.4 Å². The minimum absolute atomic E-state index is 0.0174. The van der Waals surface area contributed by atoms with Gasteiger partial charge in [0.1, 0.15) is 17.1 Å². The summed E-state index contributed by atoms with van der Waals surface area (Å²) in [7, 11) is -3.22. The van der Waals surface area contributed by atoms with Crippen LogP contribution in [0, 0.1) is 5.41 Å². The number of carbonyl (C=O) groups excluding carboxylic acids is 4. The first kappa shape index (κ1) is 57.6. The third-order valence-electron chi connectivity index (χ3n) is 17.8. The van der Waals surface area contributed by atoms with Crippen LogP contribution in [0.5, 0.6) is 0 Å². The van der Waals surface area contributed by atoms with Crippen molar-refractivity contribution in [3.8, 4) is 0 Å². The summed E-state index contributed by atoms with van der Waals surface area (Å²) in [6.07, 6.45) is 8.53. The number of piperidine rings is 2. The van der Waals surface area contributed by atoms with E-state index in [9.17, 15) is 43.4 Å². The van der Waals surface area contributed by atoms with Crippen molar-refractivity contribution in [1.82, 2.24) is 28.9 Å². The lowest BCUT2D eigenvalue weighted by Gasteiger charge is -2.48. The zero-order valence-electron chi connectivity index (χ0n) is 48.4. The summed E-state index contributed by atoms with van der Waals surface area (Å²) in [6.45, 7) is 21.9. The van der Waals surface area contributed by atoms with Crippen LogP contribution in [-0.4, -0.2) is 143 Å². The number of phosphoric ester groups is 1. The van der Waals surface area contributed by atoms with Gasteiger partial charge in [0, 0.05) is 100 Å². The lowest BCUT2D eigenvalue weighted by molar-refractivity contribution is -0.111. The predicted molar refractivity (Wildman–Crippen MR) is 317 cm³/mol. The first-order valence-corrected chi connectivity index (χ1v) is 30.2. The van der Waals surface area contributed by atoms with E-state index in [-0.39, 0.29) is 75.3 Å². The van der Waals surface area contributed by atoms with E-state index in [1.807, 2.05) is 28.0 Å². The Labute approximate surface area is 483 Å². The van der Waals surface area contributed by atoms with Gasteiger partial charge in [0.2, 0.25) is 5.91 Å². The van der Waals surface area contributed by atoms with E-state index in [4.69, 9.17) is 9.51 Å². The number of aliphatic hydroxyl groups excluding tert-OH is 1. The molecule has 23 heteroatoms. The fraction of sp³-hybridized carbons (Fsp3) is 0.483. The van der Waals surface area contributed by atoms with Gasteiger partial charge < -0.3 is 54.3 Å². The number of hydrogen-bond acceptors (Lipinski definition) is 15. The molecule has 3 saturated heterocycles. The maximum absolute atomic E-state index is 14.3. The standard InChI is InChI=1S/C60H75N12O10P/c1-10-52(74)63-45-28-39(62-54-58(78)65(9)34-51(64-54)71-20-11-12-47(53(71)37(4)73)70-25-24-69-48(57(70)77)27-38-31-59(5,6)32-49(38)69)13-16-46(45)68-23-22-66(33-36(68)3)40-18-21-67(35(2)26-40)41-14-15-43-44(29-41)56(76)72(55(43)75)42-17-19-61-50(30-42)60(7,8)82-83(79,80)81/h10,13-17,19,27-30,34-37,40,47,53,73H,1,11-12,18,20-26,31-33H2,2-9H3,(H,62,64)(H,63,74)(H2,79,80,81)/t35-,36+,37+,40?,47-,53+/m1/s1. The normalized spacial score (nSPS) is 23.3. The summed E-state index contributed by atoms with van der Waals surface area (Å²) >= 11 is 0. The van der Waals surface area contributed by atoms with E-state index in [0.717, 1.165) is 80.1 Å². The number of imide groups is 1. The number of aryl methyl sites for hydroxylation is 1. The summed E-state index contributed by atoms with van der Waals surface area (Å²) in [4.78, 5) is 109. The topological polar surface area (TPSA) is 251 Å². The summed E-state index contributed by atoms with van der Waals surface area (Å²) in [5.41, 5.74) is 5.08. The molecule has 5 N–H and O–H groups in total. The molecular weight excluding hydrogens is 1080 g/mol. The Kier molecular flexibility index (Phi) is 15.1. The van der Waals surface area contributed by atoms with Gasteiger partial charge in [-0.3, -0.25) is 38.4 Å². The molecule has 5 aromatic rings. The monoisotopic (exact) mass is 1150 g/mol. The predicted octanol–water partition coefficient (Wildman–Crippen LogP) is 6.56. The zero-order chi connectivity index (χ0) is 59.2. The summed E-state index contributed by atoms with van der Waals surface area (Å²) in [5.74, 6) is -0.863. The summed E-state index contributed by atoms with van der Waals surface area (Å²) in [5, 5.41) is 17.8. The Hall–Kier alpha value is -7.20. The Balaban J connectivity index is 0.754. The molecule has 1 unspecified atom stereocenters. The van der Waals surface area contributed by atoms with Gasteiger partial charge in [-0.15, -0.1) is 0 Å². The number of aliphatic hydroxyl groups is 1. The molecule has 0 bridgehead atoms. The number of amides is 4. The van der Waals surface area contributed by atoms with Crippen molar-refractivity contribution in [2.75, 3.05) is 69.5 Å². The Morgan fingerprint density at radius 1 is 0.867 bits per heavy atom. The number of benzene rings is 2. The van der Waals surface area contributed by atoms with E-state index >= 15 is 0 Å².